The van der Waals surface area contributed by atoms with Crippen LogP contribution in [0, 0.1) is 11.6 Å². The fourth-order valence-electron chi connectivity index (χ4n) is 2.19. The quantitative estimate of drug-likeness (QED) is 0.867. The van der Waals surface area contributed by atoms with Crippen molar-refractivity contribution >= 4 is 21.7 Å². The maximum absolute atomic E-state index is 13.7. The third kappa shape index (κ3) is 2.78. The van der Waals surface area contributed by atoms with E-state index < -0.39 is 17.2 Å². The molecule has 98 valence electrons. The minimum atomic E-state index is -0.706. The molecule has 1 aliphatic rings. The molecule has 2 nitrogen and oxygen atoms in total. The topological polar surface area (TPSA) is 43.1 Å². The number of carbonyl (C=O) groups is 1. The monoisotopic (exact) mass is 317 g/mol. The van der Waals surface area contributed by atoms with Gasteiger partial charge in [-0.1, -0.05) is 0 Å². The molecule has 2 rings (SSSR count). The van der Waals surface area contributed by atoms with Crippen molar-refractivity contribution in [3.8, 4) is 0 Å². The van der Waals surface area contributed by atoms with Gasteiger partial charge >= 0.3 is 0 Å². The molecule has 0 atom stereocenters. The van der Waals surface area contributed by atoms with E-state index in [1.54, 1.807) is 0 Å². The Morgan fingerprint density at radius 2 is 2.06 bits per heavy atom. The summed E-state index contributed by atoms with van der Waals surface area (Å²) in [5.41, 5.74) is 5.31. The van der Waals surface area contributed by atoms with E-state index in [-0.39, 0.29) is 28.7 Å². The van der Waals surface area contributed by atoms with Gasteiger partial charge in [-0.15, -0.1) is 0 Å². The average molecular weight is 318 g/mol. The molecule has 1 aromatic rings. The Labute approximate surface area is 113 Å². The van der Waals surface area contributed by atoms with Gasteiger partial charge in [-0.2, -0.15) is 0 Å². The zero-order chi connectivity index (χ0) is 13.3. The van der Waals surface area contributed by atoms with Crippen molar-refractivity contribution in [2.45, 2.75) is 37.6 Å². The number of ketones is 1. The largest absolute Gasteiger partial charge is 0.325 e. The molecule has 0 amide bonds. The van der Waals surface area contributed by atoms with Gasteiger partial charge in [0.1, 0.15) is 17.4 Å². The van der Waals surface area contributed by atoms with E-state index in [0.717, 1.165) is 25.3 Å². The fourth-order valence-corrected chi connectivity index (χ4v) is 2.56. The Balaban J connectivity index is 2.09. The molecule has 5 heteroatoms. The minimum Gasteiger partial charge on any atom is -0.325 e. The molecule has 0 bridgehead atoms. The molecule has 0 radical (unpaired) electrons. The van der Waals surface area contributed by atoms with E-state index in [1.807, 2.05) is 0 Å². The summed E-state index contributed by atoms with van der Waals surface area (Å²) in [6.07, 6.45) is 2.59. The Kier molecular flexibility index (Phi) is 3.82. The van der Waals surface area contributed by atoms with Crippen LogP contribution in [0.15, 0.2) is 16.6 Å². The molecular formula is C13H14BrF2NO. The van der Waals surface area contributed by atoms with E-state index in [9.17, 15) is 13.6 Å². The summed E-state index contributed by atoms with van der Waals surface area (Å²) in [6, 6.07) is 2.44. The van der Waals surface area contributed by atoms with Crippen molar-refractivity contribution in [2.24, 2.45) is 5.73 Å². The van der Waals surface area contributed by atoms with Crippen LogP contribution in [-0.2, 0) is 11.2 Å². The third-order valence-electron chi connectivity index (χ3n) is 3.41. The first kappa shape index (κ1) is 13.6. The van der Waals surface area contributed by atoms with Crippen LogP contribution in [0.4, 0.5) is 8.78 Å². The van der Waals surface area contributed by atoms with Crippen LogP contribution in [0.3, 0.4) is 0 Å². The molecule has 2 N–H and O–H groups in total. The van der Waals surface area contributed by atoms with Crippen LogP contribution in [-0.4, -0.2) is 11.3 Å². The highest BCUT2D eigenvalue weighted by atomic mass is 79.9. The van der Waals surface area contributed by atoms with Gasteiger partial charge in [0.15, 0.2) is 0 Å². The van der Waals surface area contributed by atoms with Crippen LogP contribution < -0.4 is 5.73 Å². The lowest BCUT2D eigenvalue weighted by Gasteiger charge is -2.37. The molecule has 0 spiro atoms. The van der Waals surface area contributed by atoms with Gasteiger partial charge in [-0.3, -0.25) is 4.79 Å². The Bertz CT molecular complexity index is 486. The van der Waals surface area contributed by atoms with E-state index in [1.165, 1.54) is 6.07 Å². The molecule has 1 aromatic carbocycles. The van der Waals surface area contributed by atoms with Gasteiger partial charge in [-0.05, 0) is 47.3 Å². The first-order chi connectivity index (χ1) is 8.41. The van der Waals surface area contributed by atoms with E-state index in [0.29, 0.717) is 0 Å². The van der Waals surface area contributed by atoms with E-state index in [4.69, 9.17) is 5.73 Å². The SMILES string of the molecule is NC1(CC(=O)Cc2c(F)ccc(Br)c2F)CCC1. The second-order valence-corrected chi connectivity index (χ2v) is 5.78. The molecule has 1 saturated carbocycles. The van der Waals surface area contributed by atoms with Gasteiger partial charge in [0.25, 0.3) is 0 Å². The highest BCUT2D eigenvalue weighted by Crippen LogP contribution is 2.33. The molecule has 1 aliphatic carbocycles. The molecular weight excluding hydrogens is 304 g/mol. The molecule has 18 heavy (non-hydrogen) atoms. The first-order valence-corrected chi connectivity index (χ1v) is 6.63. The van der Waals surface area contributed by atoms with Crippen molar-refractivity contribution in [3.63, 3.8) is 0 Å². The van der Waals surface area contributed by atoms with Crippen LogP contribution in [0.25, 0.3) is 0 Å². The lowest BCUT2D eigenvalue weighted by molar-refractivity contribution is -0.120. The summed E-state index contributed by atoms with van der Waals surface area (Å²) in [6.45, 7) is 0. The number of halogens is 3. The highest BCUT2D eigenvalue weighted by Gasteiger charge is 2.34. The summed E-state index contributed by atoms with van der Waals surface area (Å²) < 4.78 is 27.3. The van der Waals surface area contributed by atoms with Gasteiger partial charge in [0.2, 0.25) is 0 Å². The Morgan fingerprint density at radius 3 is 2.61 bits per heavy atom. The number of nitrogens with two attached hydrogens (primary N) is 1. The van der Waals surface area contributed by atoms with Crippen molar-refractivity contribution in [1.29, 1.82) is 0 Å². The van der Waals surface area contributed by atoms with Crippen LogP contribution in [0.5, 0.6) is 0 Å². The summed E-state index contributed by atoms with van der Waals surface area (Å²) in [5.74, 6) is -1.61. The number of carbonyl (C=O) groups excluding carboxylic acids is 1. The molecule has 0 unspecified atom stereocenters. The lowest BCUT2D eigenvalue weighted by Crippen LogP contribution is -2.48. The molecule has 0 saturated heterocycles. The number of rotatable bonds is 4. The molecule has 1 fully saturated rings. The van der Waals surface area contributed by atoms with Crippen molar-refractivity contribution in [2.75, 3.05) is 0 Å². The predicted octanol–water partition coefficient (Wildman–Crippen LogP) is 3.11. The van der Waals surface area contributed by atoms with Crippen molar-refractivity contribution in [3.05, 3.63) is 33.8 Å². The fraction of sp³-hybridized carbons (Fsp3) is 0.462. The average Bonchev–Trinajstić information content (AvgIpc) is 2.27. The van der Waals surface area contributed by atoms with Gasteiger partial charge in [0, 0.05) is 23.9 Å². The second kappa shape index (κ2) is 5.05. The number of benzene rings is 1. The van der Waals surface area contributed by atoms with Gasteiger partial charge in [-0.25, -0.2) is 8.78 Å². The summed E-state index contributed by atoms with van der Waals surface area (Å²) in [7, 11) is 0. The molecule has 0 heterocycles. The summed E-state index contributed by atoms with van der Waals surface area (Å²) >= 11 is 2.98. The smallest absolute Gasteiger partial charge is 0.143 e. The maximum Gasteiger partial charge on any atom is 0.143 e. The zero-order valence-corrected chi connectivity index (χ0v) is 11.4. The van der Waals surface area contributed by atoms with E-state index >= 15 is 0 Å². The van der Waals surface area contributed by atoms with Crippen molar-refractivity contribution < 1.29 is 13.6 Å². The molecule has 0 aromatic heterocycles. The number of hydrogen-bond donors (Lipinski definition) is 1. The van der Waals surface area contributed by atoms with E-state index in [2.05, 4.69) is 15.9 Å². The minimum absolute atomic E-state index is 0.165. The Hall–Kier alpha value is -0.810. The predicted molar refractivity (Wildman–Crippen MR) is 68.2 cm³/mol. The number of Topliss-reactive ketones (excluding diaryl/α,β-unsaturated/α-hetero) is 1. The second-order valence-electron chi connectivity index (χ2n) is 4.93. The van der Waals surface area contributed by atoms with Gasteiger partial charge < -0.3 is 5.73 Å². The zero-order valence-electron chi connectivity index (χ0n) is 9.81. The first-order valence-electron chi connectivity index (χ1n) is 5.84. The van der Waals surface area contributed by atoms with Crippen LogP contribution in [0.2, 0.25) is 0 Å². The highest BCUT2D eigenvalue weighted by molar-refractivity contribution is 9.10. The normalized spacial score (nSPS) is 17.3. The van der Waals surface area contributed by atoms with Crippen LogP contribution >= 0.6 is 15.9 Å². The summed E-state index contributed by atoms with van der Waals surface area (Å²) in [5, 5.41) is 0. The summed E-state index contributed by atoms with van der Waals surface area (Å²) in [4.78, 5) is 11.8. The number of hydrogen-bond acceptors (Lipinski definition) is 2. The van der Waals surface area contributed by atoms with Crippen molar-refractivity contribution in [1.82, 2.24) is 0 Å². The third-order valence-corrected chi connectivity index (χ3v) is 4.02. The van der Waals surface area contributed by atoms with Gasteiger partial charge in [0.05, 0.1) is 4.47 Å². The lowest BCUT2D eigenvalue weighted by atomic mass is 9.74. The molecule has 0 aliphatic heterocycles. The Morgan fingerprint density at radius 1 is 1.39 bits per heavy atom. The standard InChI is InChI=1S/C13H14BrF2NO/c14-10-2-3-11(15)9(12(10)16)6-8(18)7-13(17)4-1-5-13/h2-3H,1,4-7,17H2. The van der Waals surface area contributed by atoms with Crippen LogP contribution in [0.1, 0.15) is 31.2 Å². The maximum atomic E-state index is 13.7.